The average Bonchev–Trinajstić information content (AvgIpc) is 2.21. The molecule has 0 unspecified atom stereocenters. The van der Waals surface area contributed by atoms with Gasteiger partial charge in [0.1, 0.15) is 0 Å². The van der Waals surface area contributed by atoms with Crippen LogP contribution in [0, 0.1) is 0 Å². The van der Waals surface area contributed by atoms with E-state index in [1.54, 1.807) is 6.21 Å². The van der Waals surface area contributed by atoms with E-state index >= 15 is 0 Å². The van der Waals surface area contributed by atoms with Gasteiger partial charge in [-0.3, -0.25) is 0 Å². The van der Waals surface area contributed by atoms with Crippen molar-refractivity contribution in [3.8, 4) is 5.75 Å². The highest BCUT2D eigenvalue weighted by Gasteiger charge is 2.03. The number of para-hydroxylation sites is 1. The third kappa shape index (κ3) is 1.83. The molecule has 2 N–H and O–H groups in total. The fraction of sp³-hybridized carbons (Fsp3) is 0.222. The van der Waals surface area contributed by atoms with Gasteiger partial charge < -0.3 is 10.6 Å². The number of rotatable bonds is 0. The summed E-state index contributed by atoms with van der Waals surface area (Å²) in [6.07, 6.45) is 2.65. The molecule has 0 aromatic heterocycles. The largest absolute Gasteiger partial charge is 0.357 e. The van der Waals surface area contributed by atoms with Crippen LogP contribution in [0.4, 0.5) is 0 Å². The van der Waals surface area contributed by atoms with Crippen LogP contribution in [-0.4, -0.2) is 13.3 Å². The van der Waals surface area contributed by atoms with Gasteiger partial charge in [-0.1, -0.05) is 23.4 Å². The van der Waals surface area contributed by atoms with Gasteiger partial charge in [0.2, 0.25) is 0 Å². The summed E-state index contributed by atoms with van der Waals surface area (Å²) in [5.74, 6) is 0.880. The second kappa shape index (κ2) is 4.51. The Morgan fingerprint density at radius 2 is 2.08 bits per heavy atom. The van der Waals surface area contributed by atoms with Crippen LogP contribution >= 0.6 is 0 Å². The van der Waals surface area contributed by atoms with Crippen molar-refractivity contribution >= 4 is 6.21 Å². The highest BCUT2D eigenvalue weighted by atomic mass is 16.6. The van der Waals surface area contributed by atoms with Crippen LogP contribution < -0.4 is 10.6 Å². The van der Waals surface area contributed by atoms with Crippen LogP contribution in [0.15, 0.2) is 29.4 Å². The van der Waals surface area contributed by atoms with Crippen molar-refractivity contribution in [1.82, 2.24) is 0 Å². The predicted molar refractivity (Wildman–Crippen MR) is 49.4 cm³/mol. The topological polar surface area (TPSA) is 47.6 Å². The second-order valence-corrected chi connectivity index (χ2v) is 2.19. The summed E-state index contributed by atoms with van der Waals surface area (Å²) < 4.78 is 0. The molecule has 0 fully saturated rings. The molecule has 0 radical (unpaired) electrons. The minimum absolute atomic E-state index is 0.880. The Balaban J connectivity index is 0.000000336. The number of benzene rings is 1. The van der Waals surface area contributed by atoms with Crippen molar-refractivity contribution in [2.75, 3.05) is 7.05 Å². The van der Waals surface area contributed by atoms with E-state index in [1.807, 2.05) is 24.3 Å². The van der Waals surface area contributed by atoms with Crippen molar-refractivity contribution in [3.63, 3.8) is 0 Å². The lowest BCUT2D eigenvalue weighted by Crippen LogP contribution is -1.98. The standard InChI is InChI=1S/C8H7NO.CH5N/c1-2-4-8-7(3-1)5-6-9-10-8;1-2/h1-4,6H,5H2;2H2,1H3. The maximum Gasteiger partial charge on any atom is 0.161 e. The summed E-state index contributed by atoms with van der Waals surface area (Å²) >= 11 is 0. The van der Waals surface area contributed by atoms with E-state index in [0.29, 0.717) is 0 Å². The van der Waals surface area contributed by atoms with E-state index in [1.165, 1.54) is 12.6 Å². The normalized spacial score (nSPS) is 12.2. The van der Waals surface area contributed by atoms with E-state index in [9.17, 15) is 0 Å². The zero-order valence-electron chi connectivity index (χ0n) is 7.03. The van der Waals surface area contributed by atoms with Gasteiger partial charge in [-0.05, 0) is 13.1 Å². The molecule has 3 heteroatoms. The molecule has 1 heterocycles. The third-order valence-corrected chi connectivity index (χ3v) is 1.51. The van der Waals surface area contributed by atoms with Crippen LogP contribution in [-0.2, 0) is 6.42 Å². The maximum absolute atomic E-state index is 4.99. The van der Waals surface area contributed by atoms with Gasteiger partial charge in [0.25, 0.3) is 0 Å². The van der Waals surface area contributed by atoms with Crippen molar-refractivity contribution in [2.24, 2.45) is 10.9 Å². The van der Waals surface area contributed by atoms with Crippen LogP contribution in [0.25, 0.3) is 0 Å². The number of nitrogens with two attached hydrogens (primary N) is 1. The second-order valence-electron chi connectivity index (χ2n) is 2.19. The van der Waals surface area contributed by atoms with E-state index in [4.69, 9.17) is 4.84 Å². The molecule has 1 aliphatic rings. The number of oxime groups is 1. The molecule has 0 amide bonds. The Bertz CT molecular complexity index is 244. The summed E-state index contributed by atoms with van der Waals surface area (Å²) in [6, 6.07) is 7.91. The molecule has 64 valence electrons. The molecule has 1 aliphatic heterocycles. The Labute approximate surface area is 71.8 Å². The summed E-state index contributed by atoms with van der Waals surface area (Å²) in [4.78, 5) is 4.99. The monoisotopic (exact) mass is 164 g/mol. The lowest BCUT2D eigenvalue weighted by atomic mass is 10.1. The minimum Gasteiger partial charge on any atom is -0.357 e. The lowest BCUT2D eigenvalue weighted by Gasteiger charge is -2.07. The molecule has 0 spiro atoms. The van der Waals surface area contributed by atoms with Gasteiger partial charge in [0.05, 0.1) is 0 Å². The number of hydrogen-bond acceptors (Lipinski definition) is 3. The summed E-state index contributed by atoms with van der Waals surface area (Å²) in [7, 11) is 1.50. The molecule has 0 saturated carbocycles. The van der Waals surface area contributed by atoms with Crippen LogP contribution in [0.5, 0.6) is 5.75 Å². The molecular weight excluding hydrogens is 152 g/mol. The molecule has 0 atom stereocenters. The van der Waals surface area contributed by atoms with Crippen molar-refractivity contribution < 1.29 is 4.84 Å². The molecular formula is C9H12N2O. The van der Waals surface area contributed by atoms with Crippen LogP contribution in [0.3, 0.4) is 0 Å². The lowest BCUT2D eigenvalue weighted by molar-refractivity contribution is 0.334. The van der Waals surface area contributed by atoms with E-state index < -0.39 is 0 Å². The van der Waals surface area contributed by atoms with E-state index in [2.05, 4.69) is 10.9 Å². The number of hydrogen-bond donors (Lipinski definition) is 1. The summed E-state index contributed by atoms with van der Waals surface area (Å²) in [5, 5.41) is 3.69. The Morgan fingerprint density at radius 1 is 1.33 bits per heavy atom. The minimum atomic E-state index is 0.880. The fourth-order valence-corrected chi connectivity index (χ4v) is 0.991. The van der Waals surface area contributed by atoms with Gasteiger partial charge >= 0.3 is 0 Å². The Morgan fingerprint density at radius 3 is 2.83 bits per heavy atom. The molecule has 3 nitrogen and oxygen atoms in total. The van der Waals surface area contributed by atoms with Gasteiger partial charge in [-0.25, -0.2) is 0 Å². The van der Waals surface area contributed by atoms with Crippen molar-refractivity contribution in [3.05, 3.63) is 29.8 Å². The Hall–Kier alpha value is -1.35. The van der Waals surface area contributed by atoms with E-state index in [-0.39, 0.29) is 0 Å². The molecule has 0 bridgehead atoms. The quantitative estimate of drug-likeness (QED) is 0.626. The highest BCUT2D eigenvalue weighted by Crippen LogP contribution is 2.20. The fourth-order valence-electron chi connectivity index (χ4n) is 0.991. The number of nitrogens with zero attached hydrogens (tertiary/aromatic N) is 1. The Kier molecular flexibility index (Phi) is 3.29. The predicted octanol–water partition coefficient (Wildman–Crippen LogP) is 1.18. The first-order chi connectivity index (χ1) is 5.97. The van der Waals surface area contributed by atoms with Gasteiger partial charge in [-0.2, -0.15) is 0 Å². The van der Waals surface area contributed by atoms with Crippen LogP contribution in [0.1, 0.15) is 5.56 Å². The summed E-state index contributed by atoms with van der Waals surface area (Å²) in [6.45, 7) is 0. The molecule has 12 heavy (non-hydrogen) atoms. The zero-order chi connectivity index (χ0) is 8.81. The molecule has 1 aromatic rings. The van der Waals surface area contributed by atoms with Gasteiger partial charge in [0, 0.05) is 18.2 Å². The maximum atomic E-state index is 4.99. The zero-order valence-corrected chi connectivity index (χ0v) is 7.03. The SMILES string of the molecule is C1=NOc2ccccc2C1.CN. The third-order valence-electron chi connectivity index (χ3n) is 1.51. The van der Waals surface area contributed by atoms with Crippen molar-refractivity contribution in [2.45, 2.75) is 6.42 Å². The summed E-state index contributed by atoms with van der Waals surface area (Å²) in [5.41, 5.74) is 5.71. The highest BCUT2D eigenvalue weighted by molar-refractivity contribution is 5.64. The first-order valence-corrected chi connectivity index (χ1v) is 3.81. The molecule has 0 saturated heterocycles. The van der Waals surface area contributed by atoms with Gasteiger partial charge in [0.15, 0.2) is 5.75 Å². The molecule has 0 aliphatic carbocycles. The van der Waals surface area contributed by atoms with Crippen LogP contribution in [0.2, 0.25) is 0 Å². The van der Waals surface area contributed by atoms with Crippen molar-refractivity contribution in [1.29, 1.82) is 0 Å². The number of fused-ring (bicyclic) bond motifs is 1. The molecule has 1 aromatic carbocycles. The average molecular weight is 164 g/mol. The molecule has 2 rings (SSSR count). The first-order valence-electron chi connectivity index (χ1n) is 3.81. The smallest absolute Gasteiger partial charge is 0.161 e. The van der Waals surface area contributed by atoms with E-state index in [0.717, 1.165) is 12.2 Å². The van der Waals surface area contributed by atoms with Gasteiger partial charge in [-0.15, -0.1) is 0 Å². The first kappa shape index (κ1) is 8.74.